The summed E-state index contributed by atoms with van der Waals surface area (Å²) in [6.07, 6.45) is 1.32. The summed E-state index contributed by atoms with van der Waals surface area (Å²) in [7, 11) is 0. The minimum atomic E-state index is 0.127. The van der Waals surface area contributed by atoms with E-state index in [4.69, 9.17) is 0 Å². The Morgan fingerprint density at radius 1 is 1.35 bits per heavy atom. The van der Waals surface area contributed by atoms with Crippen molar-refractivity contribution >= 4 is 39.2 Å². The van der Waals surface area contributed by atoms with Crippen LogP contribution in [0, 0.1) is 11.8 Å². The Morgan fingerprint density at radius 2 is 2.08 bits per heavy atom. The number of nitrogens with one attached hydrogen (secondary N) is 1. The Morgan fingerprint density at radius 3 is 2.81 bits per heavy atom. The molecule has 3 unspecified atom stereocenters. The first-order valence-corrected chi connectivity index (χ1v) is 11.4. The van der Waals surface area contributed by atoms with E-state index in [1.165, 1.54) is 11.1 Å². The molecule has 0 bridgehead atoms. The highest BCUT2D eigenvalue weighted by Gasteiger charge is 2.23. The van der Waals surface area contributed by atoms with Crippen LogP contribution in [0.2, 0.25) is 0 Å². The molecule has 0 saturated carbocycles. The van der Waals surface area contributed by atoms with Crippen LogP contribution >= 0.6 is 23.1 Å². The molecular weight excluding hydrogens is 362 g/mol. The number of likely N-dealkylation sites (tertiary alicyclic amines) is 1. The Hall–Kier alpha value is -1.11. The lowest BCUT2D eigenvalue weighted by atomic mass is 9.92. The predicted octanol–water partition coefficient (Wildman–Crippen LogP) is 4.01. The molecular formula is C20H29N3OS2. The lowest BCUT2D eigenvalue weighted by Gasteiger charge is -2.36. The molecule has 142 valence electrons. The highest BCUT2D eigenvalue weighted by atomic mass is 32.2. The number of thioether (sulfide) groups is 1. The molecule has 1 fully saturated rings. The smallest absolute Gasteiger partial charge is 0.230 e. The van der Waals surface area contributed by atoms with Crippen LogP contribution in [0.15, 0.2) is 24.3 Å². The van der Waals surface area contributed by atoms with Crippen LogP contribution in [0.3, 0.4) is 0 Å². The number of para-hydroxylation sites is 1. The molecule has 26 heavy (non-hydrogen) atoms. The van der Waals surface area contributed by atoms with Gasteiger partial charge in [0.2, 0.25) is 5.91 Å². The van der Waals surface area contributed by atoms with Crippen LogP contribution in [-0.4, -0.2) is 47.2 Å². The summed E-state index contributed by atoms with van der Waals surface area (Å²) >= 11 is 3.36. The lowest BCUT2D eigenvalue weighted by molar-refractivity contribution is -0.119. The van der Waals surface area contributed by atoms with Crippen molar-refractivity contribution in [3.05, 3.63) is 29.3 Å². The van der Waals surface area contributed by atoms with Gasteiger partial charge in [-0.3, -0.25) is 4.79 Å². The van der Waals surface area contributed by atoms with Gasteiger partial charge in [-0.1, -0.05) is 26.0 Å². The summed E-state index contributed by atoms with van der Waals surface area (Å²) in [5.41, 5.74) is 1.05. The fourth-order valence-electron chi connectivity index (χ4n) is 3.90. The highest BCUT2D eigenvalue weighted by Crippen LogP contribution is 2.24. The number of nitrogens with zero attached hydrogens (tertiary/aromatic N) is 2. The number of hydrogen-bond donors (Lipinski definition) is 1. The molecule has 1 saturated heterocycles. The minimum Gasteiger partial charge on any atom is -0.352 e. The summed E-state index contributed by atoms with van der Waals surface area (Å²) in [6.45, 7) is 10.0. The van der Waals surface area contributed by atoms with Crippen molar-refractivity contribution in [3.63, 3.8) is 0 Å². The normalized spacial score (nSPS) is 22.4. The highest BCUT2D eigenvalue weighted by molar-refractivity contribution is 7.99. The van der Waals surface area contributed by atoms with E-state index in [9.17, 15) is 4.79 Å². The van der Waals surface area contributed by atoms with Gasteiger partial charge in [0.05, 0.1) is 16.0 Å². The molecule has 1 N–H and O–H groups in total. The number of thiazole rings is 1. The van der Waals surface area contributed by atoms with E-state index in [1.54, 1.807) is 23.1 Å². The van der Waals surface area contributed by atoms with Crippen molar-refractivity contribution < 1.29 is 4.79 Å². The molecule has 3 atom stereocenters. The van der Waals surface area contributed by atoms with Crippen LogP contribution in [-0.2, 0) is 10.5 Å². The van der Waals surface area contributed by atoms with E-state index in [0.717, 1.165) is 47.7 Å². The van der Waals surface area contributed by atoms with Crippen molar-refractivity contribution in [2.24, 2.45) is 11.8 Å². The van der Waals surface area contributed by atoms with Crippen molar-refractivity contribution in [2.75, 3.05) is 25.4 Å². The molecule has 2 aromatic rings. The number of benzene rings is 1. The monoisotopic (exact) mass is 391 g/mol. The molecule has 2 heterocycles. The second-order valence-electron chi connectivity index (χ2n) is 7.70. The zero-order chi connectivity index (χ0) is 18.5. The topological polar surface area (TPSA) is 45.2 Å². The van der Waals surface area contributed by atoms with Crippen molar-refractivity contribution in [1.82, 2.24) is 15.2 Å². The number of fused-ring (bicyclic) bond motifs is 1. The summed E-state index contributed by atoms with van der Waals surface area (Å²) in [4.78, 5) is 19.3. The number of carbonyl (C=O) groups is 1. The van der Waals surface area contributed by atoms with Gasteiger partial charge >= 0.3 is 0 Å². The molecule has 4 nitrogen and oxygen atoms in total. The number of rotatable bonds is 7. The van der Waals surface area contributed by atoms with Gasteiger partial charge in [0, 0.05) is 31.4 Å². The third kappa shape index (κ3) is 5.69. The minimum absolute atomic E-state index is 0.127. The third-order valence-corrected chi connectivity index (χ3v) is 6.84. The molecule has 1 aliphatic heterocycles. The zero-order valence-electron chi connectivity index (χ0n) is 15.9. The molecule has 1 aromatic heterocycles. The van der Waals surface area contributed by atoms with Gasteiger partial charge in [-0.25, -0.2) is 4.98 Å². The summed E-state index contributed by atoms with van der Waals surface area (Å²) in [5, 5.41) is 4.24. The largest absolute Gasteiger partial charge is 0.352 e. The predicted molar refractivity (Wildman–Crippen MR) is 113 cm³/mol. The molecule has 3 rings (SSSR count). The van der Waals surface area contributed by atoms with Crippen molar-refractivity contribution in [1.29, 1.82) is 0 Å². The van der Waals surface area contributed by atoms with E-state index in [2.05, 4.69) is 42.0 Å². The second kappa shape index (κ2) is 9.20. The molecule has 0 spiro atoms. The van der Waals surface area contributed by atoms with Crippen molar-refractivity contribution in [2.45, 2.75) is 39.0 Å². The number of aromatic nitrogens is 1. The Bertz CT molecular complexity index is 690. The molecule has 0 radical (unpaired) electrons. The lowest BCUT2D eigenvalue weighted by Crippen LogP contribution is -2.47. The summed E-state index contributed by atoms with van der Waals surface area (Å²) in [5.74, 6) is 2.92. The van der Waals surface area contributed by atoms with Crippen LogP contribution in [0.1, 0.15) is 32.2 Å². The van der Waals surface area contributed by atoms with E-state index < -0.39 is 0 Å². The van der Waals surface area contributed by atoms with Gasteiger partial charge in [0.1, 0.15) is 5.01 Å². The Balaban J connectivity index is 1.38. The molecule has 1 aliphatic rings. The second-order valence-corrected chi connectivity index (χ2v) is 9.80. The van der Waals surface area contributed by atoms with Crippen LogP contribution < -0.4 is 5.32 Å². The molecule has 0 aliphatic carbocycles. The first-order chi connectivity index (χ1) is 12.5. The van der Waals surface area contributed by atoms with Gasteiger partial charge < -0.3 is 10.2 Å². The number of hydrogen-bond acceptors (Lipinski definition) is 5. The standard InChI is InChI=1S/C20H29N3OS2/c1-14-8-15(2)10-23(9-14)11-16(3)21-19(24)12-25-13-20-22-17-6-4-5-7-18(17)26-20/h4-7,14-16H,8-13H2,1-3H3,(H,21,24). The maximum absolute atomic E-state index is 12.2. The quantitative estimate of drug-likeness (QED) is 0.774. The number of piperidine rings is 1. The van der Waals surface area contributed by atoms with Crippen LogP contribution in [0.5, 0.6) is 0 Å². The van der Waals surface area contributed by atoms with E-state index in [0.29, 0.717) is 5.75 Å². The first kappa shape index (κ1) is 19.6. The fourth-order valence-corrected chi connectivity index (χ4v) is 5.76. The Kier molecular flexibility index (Phi) is 6.95. The van der Waals surface area contributed by atoms with Crippen LogP contribution in [0.4, 0.5) is 0 Å². The van der Waals surface area contributed by atoms with E-state index in [-0.39, 0.29) is 11.9 Å². The van der Waals surface area contributed by atoms with E-state index in [1.807, 2.05) is 18.2 Å². The molecule has 1 aromatic carbocycles. The molecule has 6 heteroatoms. The summed E-state index contributed by atoms with van der Waals surface area (Å²) < 4.78 is 1.21. The van der Waals surface area contributed by atoms with Gasteiger partial charge in [-0.15, -0.1) is 23.1 Å². The Labute approximate surface area is 164 Å². The van der Waals surface area contributed by atoms with Crippen LogP contribution in [0.25, 0.3) is 10.2 Å². The zero-order valence-corrected chi connectivity index (χ0v) is 17.5. The SMILES string of the molecule is CC1CC(C)CN(CC(C)NC(=O)CSCc2nc3ccccc3s2)C1. The number of amides is 1. The maximum Gasteiger partial charge on any atom is 0.230 e. The average Bonchev–Trinajstić information content (AvgIpc) is 2.96. The first-order valence-electron chi connectivity index (χ1n) is 9.43. The van der Waals surface area contributed by atoms with Gasteiger partial charge in [-0.2, -0.15) is 0 Å². The van der Waals surface area contributed by atoms with Gasteiger partial charge in [0.15, 0.2) is 0 Å². The fraction of sp³-hybridized carbons (Fsp3) is 0.600. The maximum atomic E-state index is 12.2. The van der Waals surface area contributed by atoms with Gasteiger partial charge in [-0.05, 0) is 37.3 Å². The number of carbonyl (C=O) groups excluding carboxylic acids is 1. The summed E-state index contributed by atoms with van der Waals surface area (Å²) in [6, 6.07) is 8.38. The average molecular weight is 392 g/mol. The van der Waals surface area contributed by atoms with Crippen molar-refractivity contribution in [3.8, 4) is 0 Å². The third-order valence-electron chi connectivity index (χ3n) is 4.68. The van der Waals surface area contributed by atoms with Gasteiger partial charge in [0.25, 0.3) is 0 Å². The molecule has 1 amide bonds. The van der Waals surface area contributed by atoms with E-state index >= 15 is 0 Å².